The molecular weight excluding hydrogens is 711 g/mol. The number of nitrogens with zero attached hydrogens (tertiary/aromatic N) is 1. The summed E-state index contributed by atoms with van der Waals surface area (Å²) in [4.78, 5) is 38.0. The lowest BCUT2D eigenvalue weighted by atomic mass is 9.96. The zero-order chi connectivity index (χ0) is 38.8. The Hall–Kier alpha value is -4.55. The number of unbranched alkanes of at least 4 members (excludes halogenated alkanes) is 1. The first kappa shape index (κ1) is 43.9. The van der Waals surface area contributed by atoms with Gasteiger partial charge in [0, 0.05) is 76.6 Å². The highest BCUT2D eigenvalue weighted by atomic mass is 19.2. The highest BCUT2D eigenvalue weighted by Crippen LogP contribution is 2.46. The molecule has 1 aliphatic rings. The van der Waals surface area contributed by atoms with Crippen LogP contribution in [0.2, 0.25) is 0 Å². The number of carbonyl (C=O) groups excluding carboxylic acids is 3. The average Bonchev–Trinajstić information content (AvgIpc) is 3.47. The molecule has 0 spiro atoms. The normalized spacial score (nSPS) is 13.2. The molecule has 1 aliphatic carbocycles. The van der Waals surface area contributed by atoms with Gasteiger partial charge in [-0.1, -0.05) is 31.1 Å². The number of hydrogen-bond acceptors (Lipinski definition) is 17. The SMILES string of the molecule is CCCCOCCNC(=O)CCCC(=O)Nc1ccc2c(c1)C(COC([O-])=NNNNNNNNNF)c1cc(C(=O)NCCOCCCOC)ccc1-2. The molecule has 0 heterocycles. The number of hydrogen-bond donors (Lipinski definition) is 11. The maximum Gasteiger partial charge on any atom is 0.251 e. The van der Waals surface area contributed by atoms with Crippen molar-refractivity contribution in [3.63, 3.8) is 0 Å². The highest BCUT2D eigenvalue weighted by molar-refractivity contribution is 5.96. The lowest BCUT2D eigenvalue weighted by Gasteiger charge is -2.21. The first-order valence-electron chi connectivity index (χ1n) is 17.6. The Labute approximate surface area is 313 Å². The number of benzene rings is 2. The maximum absolute atomic E-state index is 13.1. The molecule has 0 bridgehead atoms. The van der Waals surface area contributed by atoms with Crippen LogP contribution in [0.4, 0.5) is 10.2 Å². The zero-order valence-corrected chi connectivity index (χ0v) is 30.5. The topological polar surface area (TPSA) is 256 Å². The number of hydrazone groups is 1. The van der Waals surface area contributed by atoms with Crippen LogP contribution in [0, 0.1) is 0 Å². The standard InChI is InChI=1S/C33H53FN12O8/c1-3-4-16-52-18-13-35-30(47)7-5-8-31(48)37-24-10-12-26-25-11-9-23(32(49)36-14-19-53-17-6-15-51-2)20-27(25)29(28(26)21-24)22-54-33(50)38-40-42-44-46-45-43-41-39-34/h9-12,20-21,29,39-46H,3-8,13-19,22H2,1-2H3,(H,35,47)(H,36,49)(H,37,48)(H,38,50)/p-1. The molecule has 2 aromatic rings. The van der Waals surface area contributed by atoms with E-state index in [0.29, 0.717) is 63.8 Å². The van der Waals surface area contributed by atoms with E-state index < -0.39 is 12.0 Å². The van der Waals surface area contributed by atoms with Crippen LogP contribution in [0.5, 0.6) is 0 Å². The van der Waals surface area contributed by atoms with Crippen molar-refractivity contribution in [2.45, 2.75) is 51.4 Å². The summed E-state index contributed by atoms with van der Waals surface area (Å²) in [5.41, 5.74) is 20.8. The van der Waals surface area contributed by atoms with Crippen LogP contribution in [0.25, 0.3) is 11.1 Å². The molecule has 1 unspecified atom stereocenters. The molecule has 0 aromatic heterocycles. The van der Waals surface area contributed by atoms with Crippen LogP contribution in [0.1, 0.15) is 72.9 Å². The summed E-state index contributed by atoms with van der Waals surface area (Å²) in [6.45, 7) is 5.26. The van der Waals surface area contributed by atoms with Gasteiger partial charge in [-0.25, -0.2) is 5.53 Å². The number of anilines is 1. The van der Waals surface area contributed by atoms with Crippen molar-refractivity contribution in [1.82, 2.24) is 55.0 Å². The fourth-order valence-electron chi connectivity index (χ4n) is 5.27. The summed E-state index contributed by atoms with van der Waals surface area (Å²) in [6, 6.07) is 10.7. The first-order chi connectivity index (χ1) is 26.4. The molecule has 0 radical (unpaired) electrons. The third kappa shape index (κ3) is 16.2. The number of methoxy groups -OCH3 is 1. The molecule has 20 nitrogen and oxygen atoms in total. The Morgan fingerprint density at radius 2 is 1.44 bits per heavy atom. The first-order valence-corrected chi connectivity index (χ1v) is 17.6. The lowest BCUT2D eigenvalue weighted by Crippen LogP contribution is -2.61. The van der Waals surface area contributed by atoms with Crippen LogP contribution < -0.4 is 65.4 Å². The van der Waals surface area contributed by atoms with Gasteiger partial charge in [0.25, 0.3) is 5.91 Å². The van der Waals surface area contributed by atoms with E-state index in [0.717, 1.165) is 47.2 Å². The predicted molar refractivity (Wildman–Crippen MR) is 194 cm³/mol. The maximum atomic E-state index is 13.1. The van der Waals surface area contributed by atoms with Crippen molar-refractivity contribution in [1.29, 1.82) is 0 Å². The number of halogens is 1. The van der Waals surface area contributed by atoms with E-state index in [-0.39, 0.29) is 37.2 Å². The summed E-state index contributed by atoms with van der Waals surface area (Å²) in [5.74, 6) is -1.20. The van der Waals surface area contributed by atoms with Crippen LogP contribution in [-0.4, -0.2) is 83.6 Å². The number of nitrogens with one attached hydrogen (secondary N) is 11. The molecule has 1 atom stereocenters. The van der Waals surface area contributed by atoms with E-state index >= 15 is 0 Å². The van der Waals surface area contributed by atoms with Gasteiger partial charge >= 0.3 is 0 Å². The highest BCUT2D eigenvalue weighted by Gasteiger charge is 2.29. The predicted octanol–water partition coefficient (Wildman–Crippen LogP) is -0.722. The molecule has 2 aromatic carbocycles. The molecular formula is C33H52FN12O8-. The van der Waals surface area contributed by atoms with E-state index in [1.165, 1.54) is 0 Å². The van der Waals surface area contributed by atoms with Gasteiger partial charge in [-0.15, -0.1) is 15.1 Å². The Morgan fingerprint density at radius 3 is 2.19 bits per heavy atom. The number of fused-ring (bicyclic) bond motifs is 3. The minimum atomic E-state index is -0.953. The third-order valence-corrected chi connectivity index (χ3v) is 7.81. The summed E-state index contributed by atoms with van der Waals surface area (Å²) in [6.07, 6.45) is 2.54. The van der Waals surface area contributed by atoms with Crippen molar-refractivity contribution in [3.05, 3.63) is 53.1 Å². The Balaban J connectivity index is 1.62. The van der Waals surface area contributed by atoms with Gasteiger partial charge in [0.15, 0.2) is 6.08 Å². The van der Waals surface area contributed by atoms with Crippen LogP contribution in [-0.2, 0) is 28.5 Å². The molecule has 21 heteroatoms. The van der Waals surface area contributed by atoms with Gasteiger partial charge in [-0.05, 0) is 65.8 Å². The lowest BCUT2D eigenvalue weighted by molar-refractivity contribution is -0.251. The summed E-state index contributed by atoms with van der Waals surface area (Å²) in [5, 5.41) is 24.6. The molecule has 0 saturated heterocycles. The second-order valence-electron chi connectivity index (χ2n) is 11.7. The Bertz CT molecular complexity index is 1470. The van der Waals surface area contributed by atoms with Crippen molar-refractivity contribution < 1.29 is 42.9 Å². The van der Waals surface area contributed by atoms with Crippen LogP contribution >= 0.6 is 0 Å². The van der Waals surface area contributed by atoms with Crippen molar-refractivity contribution >= 4 is 29.5 Å². The molecule has 0 saturated carbocycles. The Morgan fingerprint density at radius 1 is 0.778 bits per heavy atom. The second kappa shape index (κ2) is 26.3. The summed E-state index contributed by atoms with van der Waals surface area (Å²) in [7, 11) is 1.62. The number of hydrazine groups is 7. The number of ether oxygens (including phenoxy) is 4. The average molecular weight is 764 g/mol. The van der Waals surface area contributed by atoms with E-state index in [9.17, 15) is 24.0 Å². The molecule has 11 N–H and O–H groups in total. The van der Waals surface area contributed by atoms with Gasteiger partial charge in [0.2, 0.25) is 11.8 Å². The quantitative estimate of drug-likeness (QED) is 0.0161. The molecule has 3 rings (SSSR count). The van der Waals surface area contributed by atoms with Gasteiger partial charge in [0.1, 0.15) is 0 Å². The Kier molecular flexibility index (Phi) is 21.3. The van der Waals surface area contributed by atoms with Gasteiger partial charge in [0.05, 0.1) is 13.2 Å². The van der Waals surface area contributed by atoms with E-state index in [2.05, 4.69) is 61.2 Å². The van der Waals surface area contributed by atoms with Gasteiger partial charge in [-0.2, -0.15) is 27.7 Å². The smallest absolute Gasteiger partial charge is 0.251 e. The molecule has 0 fully saturated rings. The summed E-state index contributed by atoms with van der Waals surface area (Å²) < 4.78 is 33.2. The van der Waals surface area contributed by atoms with Crippen molar-refractivity contribution in [3.8, 4) is 11.1 Å². The van der Waals surface area contributed by atoms with E-state index in [4.69, 9.17) is 18.9 Å². The third-order valence-electron chi connectivity index (χ3n) is 7.81. The van der Waals surface area contributed by atoms with E-state index in [1.54, 1.807) is 31.4 Å². The molecule has 3 amide bonds. The monoisotopic (exact) mass is 763 g/mol. The number of carbonyl (C=O) groups is 3. The molecule has 0 aliphatic heterocycles. The van der Waals surface area contributed by atoms with Crippen molar-refractivity contribution in [2.75, 3.05) is 65.2 Å². The summed E-state index contributed by atoms with van der Waals surface area (Å²) >= 11 is 0. The largest absolute Gasteiger partial charge is 0.598 e. The number of amides is 3. The van der Waals surface area contributed by atoms with Crippen molar-refractivity contribution in [2.24, 2.45) is 5.10 Å². The van der Waals surface area contributed by atoms with Crippen LogP contribution in [0.3, 0.4) is 0 Å². The van der Waals surface area contributed by atoms with Gasteiger partial charge in [-0.3, -0.25) is 14.4 Å². The zero-order valence-electron chi connectivity index (χ0n) is 30.5. The van der Waals surface area contributed by atoms with E-state index in [1.807, 2.05) is 17.7 Å². The molecule has 300 valence electrons. The fourth-order valence-corrected chi connectivity index (χ4v) is 5.27. The number of rotatable bonds is 29. The minimum Gasteiger partial charge on any atom is -0.598 e. The second-order valence-corrected chi connectivity index (χ2v) is 11.7. The minimum absolute atomic E-state index is 0.139. The fraction of sp³-hybridized carbons (Fsp3) is 0.515. The van der Waals surface area contributed by atoms with Gasteiger partial charge < -0.3 is 40.0 Å². The van der Waals surface area contributed by atoms with Crippen LogP contribution in [0.15, 0.2) is 41.5 Å². The molecule has 54 heavy (non-hydrogen) atoms.